The van der Waals surface area contributed by atoms with Crippen LogP contribution in [0.15, 0.2) is 0 Å². The number of alkyl halides is 11. The number of hydrogen-bond acceptors (Lipinski definition) is 3. The van der Waals surface area contributed by atoms with E-state index in [4.69, 9.17) is 0 Å². The number of rotatable bonds is 8. The van der Waals surface area contributed by atoms with Crippen LogP contribution in [0.2, 0.25) is 0 Å². The van der Waals surface area contributed by atoms with Crippen molar-refractivity contribution in [1.82, 2.24) is 5.32 Å². The van der Waals surface area contributed by atoms with Gasteiger partial charge in [-0.25, -0.2) is 4.39 Å². The molecule has 16 heteroatoms. The zero-order chi connectivity index (χ0) is 24.9. The van der Waals surface area contributed by atoms with Crippen LogP contribution in [0.5, 0.6) is 0 Å². The molecule has 1 fully saturated rings. The Kier molecular flexibility index (Phi) is 6.68. The van der Waals surface area contributed by atoms with Crippen LogP contribution in [-0.2, 0) is 9.59 Å². The van der Waals surface area contributed by atoms with Gasteiger partial charge < -0.3 is 19.7 Å². The van der Waals surface area contributed by atoms with E-state index in [0.717, 1.165) is 5.32 Å². The Labute approximate surface area is 167 Å². The summed E-state index contributed by atoms with van der Waals surface area (Å²) in [5.74, 6) is -41.3. The predicted octanol–water partition coefficient (Wildman–Crippen LogP) is 1.61. The molecular weight excluding hydrogens is 465 g/mol. The number of aliphatic carboxylic acids is 1. The smallest absolute Gasteiger partial charge is 0.384 e. The quantitative estimate of drug-likeness (QED) is 0.325. The van der Waals surface area contributed by atoms with Crippen molar-refractivity contribution in [2.24, 2.45) is 0 Å². The van der Waals surface area contributed by atoms with Gasteiger partial charge in [0, 0.05) is 25.4 Å². The van der Waals surface area contributed by atoms with E-state index in [2.05, 4.69) is 0 Å². The summed E-state index contributed by atoms with van der Waals surface area (Å²) in [7, 11) is 2.85. The Morgan fingerprint density at radius 1 is 0.742 bits per heavy atom. The fourth-order valence-corrected chi connectivity index (χ4v) is 2.84. The third-order valence-electron chi connectivity index (χ3n) is 4.90. The number of amides is 1. The Hall–Kier alpha value is -1.87. The fraction of sp³-hybridized carbons (Fsp3) is 0.867. The van der Waals surface area contributed by atoms with E-state index in [9.17, 15) is 63.0 Å². The molecule has 0 aliphatic heterocycles. The van der Waals surface area contributed by atoms with Crippen molar-refractivity contribution in [3.63, 3.8) is 0 Å². The summed E-state index contributed by atoms with van der Waals surface area (Å²) in [6.07, 6.45) is -0.814. The van der Waals surface area contributed by atoms with Gasteiger partial charge in [-0.2, -0.15) is 43.9 Å². The molecule has 182 valence electrons. The van der Waals surface area contributed by atoms with Crippen LogP contribution in [-0.4, -0.2) is 85.4 Å². The van der Waals surface area contributed by atoms with Crippen molar-refractivity contribution in [2.75, 3.05) is 33.7 Å². The molecule has 0 heterocycles. The third kappa shape index (κ3) is 3.69. The van der Waals surface area contributed by atoms with Crippen LogP contribution in [0.4, 0.5) is 48.3 Å². The van der Waals surface area contributed by atoms with Crippen molar-refractivity contribution >= 4 is 11.9 Å². The van der Waals surface area contributed by atoms with Crippen molar-refractivity contribution in [3.05, 3.63) is 0 Å². The maximum Gasteiger partial charge on any atom is 0.384 e. The van der Waals surface area contributed by atoms with Gasteiger partial charge in [0.2, 0.25) is 0 Å². The highest BCUT2D eigenvalue weighted by Gasteiger charge is 3.02. The van der Waals surface area contributed by atoms with E-state index < -0.39 is 60.1 Å². The molecule has 5 nitrogen and oxygen atoms in total. The van der Waals surface area contributed by atoms with E-state index in [1.54, 1.807) is 0 Å². The lowest BCUT2D eigenvalue weighted by Crippen LogP contribution is -2.86. The molecule has 1 saturated carbocycles. The minimum atomic E-state index is -7.39. The van der Waals surface area contributed by atoms with Crippen LogP contribution < -0.4 is 10.4 Å². The Bertz CT molecular complexity index is 695. The lowest BCUT2D eigenvalue weighted by molar-refractivity contribution is -0.890. The van der Waals surface area contributed by atoms with Crippen molar-refractivity contribution in [2.45, 2.75) is 48.1 Å². The molecular formula is C15H17F11N2O3. The second-order valence-electron chi connectivity index (χ2n) is 7.64. The molecule has 1 aliphatic rings. The summed E-state index contributed by atoms with van der Waals surface area (Å²) in [5.41, 5.74) is -6.71. The number of nitrogens with one attached hydrogen (secondary N) is 1. The zero-order valence-electron chi connectivity index (χ0n) is 15.9. The molecule has 0 unspecified atom stereocenters. The van der Waals surface area contributed by atoms with E-state index in [1.165, 1.54) is 14.1 Å². The first-order valence-corrected chi connectivity index (χ1v) is 8.43. The van der Waals surface area contributed by atoms with E-state index >= 15 is 0 Å². The molecule has 0 atom stereocenters. The Balaban J connectivity index is 3.10. The van der Waals surface area contributed by atoms with Gasteiger partial charge >= 0.3 is 35.3 Å². The summed E-state index contributed by atoms with van der Waals surface area (Å²) < 4.78 is 149. The summed E-state index contributed by atoms with van der Waals surface area (Å²) in [4.78, 5) is 22.0. The largest absolute Gasteiger partial charge is 0.550 e. The van der Waals surface area contributed by atoms with E-state index in [-0.39, 0.29) is 24.0 Å². The predicted molar refractivity (Wildman–Crippen MR) is 77.7 cm³/mol. The Morgan fingerprint density at radius 2 is 1.13 bits per heavy atom. The molecule has 1 amide bonds. The van der Waals surface area contributed by atoms with Gasteiger partial charge in [-0.15, -0.1) is 0 Å². The maximum atomic E-state index is 14.4. The Morgan fingerprint density at radius 3 is 1.52 bits per heavy atom. The number of carboxylic acids is 1. The maximum absolute atomic E-state index is 14.4. The first-order chi connectivity index (χ1) is 13.5. The lowest BCUT2D eigenvalue weighted by atomic mass is 9.71. The van der Waals surface area contributed by atoms with Gasteiger partial charge in [0.05, 0.1) is 27.2 Å². The third-order valence-corrected chi connectivity index (χ3v) is 4.90. The number of carbonyl (C=O) groups is 2. The van der Waals surface area contributed by atoms with Crippen molar-refractivity contribution < 1.29 is 67.5 Å². The van der Waals surface area contributed by atoms with E-state index in [0.29, 0.717) is 0 Å². The summed E-state index contributed by atoms with van der Waals surface area (Å²) in [6, 6.07) is 0. The normalized spacial score (nSPS) is 24.9. The highest BCUT2D eigenvalue weighted by atomic mass is 19.4. The SMILES string of the molecule is C[N+](C)(CCCNC(=O)C1(F)C(F)(F)C(F)(F)C(F)(F)C(F)(F)C1(F)F)CCC(=O)[O-]. The van der Waals surface area contributed by atoms with Gasteiger partial charge in [0.1, 0.15) is 0 Å². The number of carbonyl (C=O) groups excluding carboxylic acids is 2. The number of halogens is 11. The van der Waals surface area contributed by atoms with Crippen LogP contribution >= 0.6 is 0 Å². The van der Waals surface area contributed by atoms with E-state index in [1.807, 2.05) is 0 Å². The minimum absolute atomic E-state index is 0.0625. The van der Waals surface area contributed by atoms with Crippen molar-refractivity contribution in [3.8, 4) is 0 Å². The van der Waals surface area contributed by atoms with Crippen LogP contribution in [0.3, 0.4) is 0 Å². The number of nitrogens with zero attached hydrogens (tertiary/aromatic N) is 1. The topological polar surface area (TPSA) is 69.2 Å². The van der Waals surface area contributed by atoms with Crippen molar-refractivity contribution in [1.29, 1.82) is 0 Å². The average molecular weight is 482 g/mol. The second kappa shape index (κ2) is 7.62. The molecule has 0 aromatic heterocycles. The molecule has 1 N–H and O–H groups in total. The minimum Gasteiger partial charge on any atom is -0.550 e. The van der Waals surface area contributed by atoms with Gasteiger partial charge in [0.25, 0.3) is 5.91 Å². The molecule has 0 bridgehead atoms. The summed E-state index contributed by atoms with van der Waals surface area (Å²) in [5, 5.41) is 11.4. The number of hydrogen-bond donors (Lipinski definition) is 1. The molecule has 0 radical (unpaired) electrons. The molecule has 0 aromatic carbocycles. The second-order valence-corrected chi connectivity index (χ2v) is 7.64. The number of quaternary nitrogens is 1. The standard InChI is InChI=1S/C15H17F11N2O3/c1-28(2,7-4-8(29)30)6-3-5-27-9(31)10(16)11(17,18)13(21,22)15(25,26)14(23,24)12(10,19)20/h3-7H2,1-2H3,(H-,27,29,30,31). The van der Waals surface area contributed by atoms with Crippen LogP contribution in [0.1, 0.15) is 12.8 Å². The molecule has 1 rings (SSSR count). The lowest BCUT2D eigenvalue weighted by Gasteiger charge is -2.51. The molecule has 0 spiro atoms. The molecule has 1 aliphatic carbocycles. The zero-order valence-corrected chi connectivity index (χ0v) is 15.9. The van der Waals surface area contributed by atoms with Gasteiger partial charge in [-0.1, -0.05) is 0 Å². The molecule has 31 heavy (non-hydrogen) atoms. The van der Waals surface area contributed by atoms with Gasteiger partial charge in [-0.05, 0) is 0 Å². The van der Waals surface area contributed by atoms with Crippen LogP contribution in [0, 0.1) is 0 Å². The first-order valence-electron chi connectivity index (χ1n) is 8.43. The highest BCUT2D eigenvalue weighted by Crippen LogP contribution is 2.69. The summed E-state index contributed by atoms with van der Waals surface area (Å²) >= 11 is 0. The summed E-state index contributed by atoms with van der Waals surface area (Å²) in [6.45, 7) is -1.16. The monoisotopic (exact) mass is 482 g/mol. The first kappa shape index (κ1) is 27.2. The van der Waals surface area contributed by atoms with Gasteiger partial charge in [-0.3, -0.25) is 4.79 Å². The van der Waals surface area contributed by atoms with Crippen LogP contribution in [0.25, 0.3) is 0 Å². The number of carboxylic acid groups (broad SMARTS) is 1. The van der Waals surface area contributed by atoms with Gasteiger partial charge in [0.15, 0.2) is 0 Å². The molecule has 0 aromatic rings. The average Bonchev–Trinajstić information content (AvgIpc) is 2.61. The highest BCUT2D eigenvalue weighted by molar-refractivity contribution is 5.88. The molecule has 0 saturated heterocycles. The fourth-order valence-electron chi connectivity index (χ4n) is 2.84.